The maximum Gasteiger partial charge on any atom is 0.421 e. The predicted molar refractivity (Wildman–Crippen MR) is 77.6 cm³/mol. The highest BCUT2D eigenvalue weighted by atomic mass is 32.2. The van der Waals surface area contributed by atoms with E-state index in [1.165, 1.54) is 18.7 Å². The fraction of sp³-hybridized carbons (Fsp3) is 0.538. The Morgan fingerprint density at radius 2 is 2.05 bits per heavy atom. The van der Waals surface area contributed by atoms with Gasteiger partial charge in [-0.2, -0.15) is 0 Å². The first-order valence-electron chi connectivity index (χ1n) is 6.93. The molecule has 1 aromatic rings. The minimum absolute atomic E-state index is 0.0590. The Morgan fingerprint density at radius 1 is 1.33 bits per heavy atom. The van der Waals surface area contributed by atoms with E-state index in [0.717, 1.165) is 31.7 Å². The second-order valence-corrected chi connectivity index (χ2v) is 6.41. The summed E-state index contributed by atoms with van der Waals surface area (Å²) in [5.74, 6) is 0.754. The fourth-order valence-electron chi connectivity index (χ4n) is 2.17. The molecule has 0 atom stereocenters. The minimum Gasteiger partial charge on any atom is -0.449 e. The molecule has 1 fully saturated rings. The Morgan fingerprint density at radius 3 is 2.62 bits per heavy atom. The van der Waals surface area contributed by atoms with Gasteiger partial charge in [-0.1, -0.05) is 0 Å². The lowest BCUT2D eigenvalue weighted by molar-refractivity contribution is 0.158. The second-order valence-electron chi connectivity index (χ2n) is 4.73. The first kappa shape index (κ1) is 15.6. The number of hydrogen-bond donors (Lipinski definition) is 1. The lowest BCUT2D eigenvalue weighted by Gasteiger charge is -2.27. The largest absolute Gasteiger partial charge is 0.449 e. The van der Waals surface area contributed by atoms with Crippen molar-refractivity contribution in [2.24, 2.45) is 0 Å². The monoisotopic (exact) mass is 313 g/mol. The maximum absolute atomic E-state index is 11.9. The molecule has 1 amide bonds. The molecule has 0 aliphatic carbocycles. The van der Waals surface area contributed by atoms with E-state index < -0.39 is 16.1 Å². The van der Waals surface area contributed by atoms with Gasteiger partial charge in [0.05, 0.1) is 6.61 Å². The quantitative estimate of drug-likeness (QED) is 0.906. The molecule has 7 nitrogen and oxygen atoms in total. The molecule has 0 saturated carbocycles. The van der Waals surface area contributed by atoms with Gasteiger partial charge in [0.15, 0.2) is 0 Å². The van der Waals surface area contributed by atoms with Crippen molar-refractivity contribution in [2.75, 3.05) is 24.6 Å². The van der Waals surface area contributed by atoms with Crippen LogP contribution in [0.15, 0.2) is 23.2 Å². The summed E-state index contributed by atoms with van der Waals surface area (Å²) in [6.07, 6.45) is 3.72. The summed E-state index contributed by atoms with van der Waals surface area (Å²) in [6.45, 7) is 3.56. The number of carbonyl (C=O) groups is 1. The number of hydrogen-bond acceptors (Lipinski definition) is 6. The van der Waals surface area contributed by atoms with Crippen molar-refractivity contribution in [1.29, 1.82) is 0 Å². The molecular formula is C13H19N3O4S. The highest BCUT2D eigenvalue weighted by Gasteiger charge is 2.19. The van der Waals surface area contributed by atoms with Gasteiger partial charge in [0, 0.05) is 19.3 Å². The van der Waals surface area contributed by atoms with Gasteiger partial charge in [-0.15, -0.1) is 0 Å². The number of sulfonamides is 1. The van der Waals surface area contributed by atoms with Crippen LogP contribution in [0.5, 0.6) is 0 Å². The third-order valence-electron chi connectivity index (χ3n) is 3.20. The summed E-state index contributed by atoms with van der Waals surface area (Å²) in [5.41, 5.74) is 0. The van der Waals surface area contributed by atoms with Crippen molar-refractivity contribution in [3.8, 4) is 0 Å². The van der Waals surface area contributed by atoms with Crippen LogP contribution < -0.4 is 9.62 Å². The van der Waals surface area contributed by atoms with E-state index in [1.807, 2.05) is 4.72 Å². The van der Waals surface area contributed by atoms with Gasteiger partial charge >= 0.3 is 6.09 Å². The lowest BCUT2D eigenvalue weighted by Crippen LogP contribution is -2.32. The molecule has 0 unspecified atom stereocenters. The number of piperidine rings is 1. The zero-order chi connectivity index (χ0) is 15.3. The van der Waals surface area contributed by atoms with Gasteiger partial charge in [0.2, 0.25) is 0 Å². The van der Waals surface area contributed by atoms with Gasteiger partial charge in [-0.25, -0.2) is 22.9 Å². The standard InChI is InChI=1S/C13H19N3O4S/c1-2-20-13(17)15-21(18,19)11-6-7-12(14-10-11)16-8-4-3-5-9-16/h6-7,10H,2-5,8-9H2,1H3,(H,15,17). The Bertz CT molecular complexity index is 580. The average Bonchev–Trinajstić information content (AvgIpc) is 2.48. The number of ether oxygens (including phenoxy) is 1. The SMILES string of the molecule is CCOC(=O)NS(=O)(=O)c1ccc(N2CCCCC2)nc1. The summed E-state index contributed by atoms with van der Waals surface area (Å²) < 4.78 is 30.3. The van der Waals surface area contributed by atoms with E-state index >= 15 is 0 Å². The molecule has 0 spiro atoms. The van der Waals surface area contributed by atoms with Crippen molar-refractivity contribution in [2.45, 2.75) is 31.1 Å². The first-order valence-corrected chi connectivity index (χ1v) is 8.42. The van der Waals surface area contributed by atoms with Crippen LogP contribution in [0.3, 0.4) is 0 Å². The molecule has 0 radical (unpaired) electrons. The van der Waals surface area contributed by atoms with E-state index in [-0.39, 0.29) is 11.5 Å². The molecular weight excluding hydrogens is 294 g/mol. The fourth-order valence-corrected chi connectivity index (χ4v) is 3.01. The molecule has 1 saturated heterocycles. The zero-order valence-corrected chi connectivity index (χ0v) is 12.7. The molecule has 1 aromatic heterocycles. The number of nitrogens with zero attached hydrogens (tertiary/aromatic N) is 2. The number of aromatic nitrogens is 1. The van der Waals surface area contributed by atoms with Crippen molar-refractivity contribution < 1.29 is 17.9 Å². The van der Waals surface area contributed by atoms with Crippen LogP contribution in [-0.2, 0) is 14.8 Å². The molecule has 0 aromatic carbocycles. The van der Waals surface area contributed by atoms with Crippen LogP contribution in [0, 0.1) is 0 Å². The molecule has 2 rings (SSSR count). The topological polar surface area (TPSA) is 88.6 Å². The Labute approximate surface area is 124 Å². The number of nitrogens with one attached hydrogen (secondary N) is 1. The molecule has 116 valence electrons. The number of pyridine rings is 1. The molecule has 1 aliphatic rings. The molecule has 1 aliphatic heterocycles. The predicted octanol–water partition coefficient (Wildman–Crippen LogP) is 1.51. The highest BCUT2D eigenvalue weighted by molar-refractivity contribution is 7.90. The normalized spacial score (nSPS) is 15.6. The number of amides is 1. The smallest absolute Gasteiger partial charge is 0.421 e. The Kier molecular flexibility index (Phi) is 5.00. The van der Waals surface area contributed by atoms with Crippen molar-refractivity contribution in [3.05, 3.63) is 18.3 Å². The van der Waals surface area contributed by atoms with Crippen LogP contribution in [0.2, 0.25) is 0 Å². The lowest BCUT2D eigenvalue weighted by atomic mass is 10.1. The Balaban J connectivity index is 2.08. The van der Waals surface area contributed by atoms with Gasteiger partial charge < -0.3 is 9.64 Å². The van der Waals surface area contributed by atoms with Crippen LogP contribution >= 0.6 is 0 Å². The highest BCUT2D eigenvalue weighted by Crippen LogP contribution is 2.18. The van der Waals surface area contributed by atoms with Gasteiger partial charge in [0.1, 0.15) is 10.7 Å². The second kappa shape index (κ2) is 6.75. The summed E-state index contributed by atoms with van der Waals surface area (Å²) in [7, 11) is -3.93. The van der Waals surface area contributed by atoms with E-state index in [1.54, 1.807) is 13.0 Å². The minimum atomic E-state index is -3.93. The van der Waals surface area contributed by atoms with Crippen LogP contribution in [0.25, 0.3) is 0 Å². The van der Waals surface area contributed by atoms with E-state index in [9.17, 15) is 13.2 Å². The van der Waals surface area contributed by atoms with Crippen molar-refractivity contribution >= 4 is 21.9 Å². The zero-order valence-electron chi connectivity index (χ0n) is 11.9. The molecule has 1 N–H and O–H groups in total. The first-order chi connectivity index (χ1) is 10.0. The average molecular weight is 313 g/mol. The summed E-state index contributed by atoms with van der Waals surface area (Å²) >= 11 is 0. The van der Waals surface area contributed by atoms with Gasteiger partial charge in [-0.05, 0) is 38.3 Å². The number of rotatable bonds is 4. The molecule has 0 bridgehead atoms. The van der Waals surface area contributed by atoms with Crippen LogP contribution in [-0.4, -0.2) is 39.2 Å². The van der Waals surface area contributed by atoms with Crippen LogP contribution in [0.4, 0.5) is 10.6 Å². The number of carbonyl (C=O) groups excluding carboxylic acids is 1. The summed E-state index contributed by atoms with van der Waals surface area (Å²) in [5, 5.41) is 0. The van der Waals surface area contributed by atoms with E-state index in [0.29, 0.717) is 0 Å². The van der Waals surface area contributed by atoms with E-state index in [2.05, 4.69) is 14.6 Å². The van der Waals surface area contributed by atoms with E-state index in [4.69, 9.17) is 0 Å². The Hall–Kier alpha value is -1.83. The van der Waals surface area contributed by atoms with Gasteiger partial charge in [0.25, 0.3) is 10.0 Å². The molecule has 8 heteroatoms. The van der Waals surface area contributed by atoms with Crippen molar-refractivity contribution in [1.82, 2.24) is 9.71 Å². The number of anilines is 1. The maximum atomic E-state index is 11.9. The molecule has 21 heavy (non-hydrogen) atoms. The molecule has 2 heterocycles. The van der Waals surface area contributed by atoms with Gasteiger partial charge in [-0.3, -0.25) is 0 Å². The van der Waals surface area contributed by atoms with Crippen molar-refractivity contribution in [3.63, 3.8) is 0 Å². The third-order valence-corrected chi connectivity index (χ3v) is 4.50. The summed E-state index contributed by atoms with van der Waals surface area (Å²) in [6, 6.07) is 3.10. The van der Waals surface area contributed by atoms with Crippen LogP contribution in [0.1, 0.15) is 26.2 Å². The summed E-state index contributed by atoms with van der Waals surface area (Å²) in [4.78, 5) is 17.4. The third kappa shape index (κ3) is 4.07.